The minimum Gasteiger partial charge on any atom is -0.369 e. The van der Waals surface area contributed by atoms with Crippen molar-refractivity contribution in [2.45, 2.75) is 12.1 Å². The van der Waals surface area contributed by atoms with E-state index in [1.165, 1.54) is 6.54 Å². The maximum absolute atomic E-state index is 5.66. The van der Waals surface area contributed by atoms with Gasteiger partial charge >= 0.3 is 0 Å². The molecule has 2 unspecified atom stereocenters. The molecular formula is C8H17N2O+. The fraction of sp³-hybridized carbons (Fsp3) is 1.00. The van der Waals surface area contributed by atoms with Crippen molar-refractivity contribution in [2.24, 2.45) is 0 Å². The Labute approximate surface area is 67.9 Å². The van der Waals surface area contributed by atoms with Gasteiger partial charge in [-0.3, -0.25) is 0 Å². The molecule has 0 saturated carbocycles. The van der Waals surface area contributed by atoms with Gasteiger partial charge in [0.25, 0.3) is 0 Å². The zero-order chi connectivity index (χ0) is 7.90. The average molecular weight is 157 g/mol. The fourth-order valence-corrected chi connectivity index (χ4v) is 2.16. The van der Waals surface area contributed by atoms with Crippen molar-refractivity contribution in [3.05, 3.63) is 0 Å². The van der Waals surface area contributed by atoms with Gasteiger partial charge in [0.2, 0.25) is 0 Å². The van der Waals surface area contributed by atoms with Crippen LogP contribution in [0.25, 0.3) is 0 Å². The van der Waals surface area contributed by atoms with Crippen LogP contribution in [0.5, 0.6) is 0 Å². The molecule has 0 aromatic heterocycles. The van der Waals surface area contributed by atoms with Crippen LogP contribution in [0.2, 0.25) is 0 Å². The second kappa shape index (κ2) is 2.44. The highest BCUT2D eigenvalue weighted by molar-refractivity contribution is 4.85. The summed E-state index contributed by atoms with van der Waals surface area (Å²) in [5, 5.41) is 3.50. The third kappa shape index (κ3) is 1.41. The molecule has 0 bridgehead atoms. The second-order valence-corrected chi connectivity index (χ2v) is 4.27. The number of hydrogen-bond donors (Lipinski definition) is 1. The highest BCUT2D eigenvalue weighted by Gasteiger charge is 2.41. The molecule has 2 aliphatic rings. The maximum atomic E-state index is 5.66. The first-order chi connectivity index (χ1) is 5.17. The number of hydrogen-bond acceptors (Lipinski definition) is 2. The van der Waals surface area contributed by atoms with E-state index in [2.05, 4.69) is 19.4 Å². The van der Waals surface area contributed by atoms with Gasteiger partial charge in [-0.05, 0) is 0 Å². The van der Waals surface area contributed by atoms with Crippen LogP contribution in [0.4, 0.5) is 0 Å². The van der Waals surface area contributed by atoms with Gasteiger partial charge in [0.05, 0.1) is 33.3 Å². The predicted molar refractivity (Wildman–Crippen MR) is 43.4 cm³/mol. The first kappa shape index (κ1) is 7.53. The summed E-state index contributed by atoms with van der Waals surface area (Å²) in [5.74, 6) is 0. The van der Waals surface area contributed by atoms with E-state index in [0.29, 0.717) is 12.1 Å². The molecule has 2 aliphatic heterocycles. The molecule has 0 aliphatic carbocycles. The molecule has 64 valence electrons. The summed E-state index contributed by atoms with van der Waals surface area (Å²) in [6.07, 6.45) is 0.471. The lowest BCUT2D eigenvalue weighted by molar-refractivity contribution is -0.879. The summed E-state index contributed by atoms with van der Waals surface area (Å²) in [6.45, 7) is 4.30. The van der Waals surface area contributed by atoms with Gasteiger partial charge in [0, 0.05) is 6.54 Å². The van der Waals surface area contributed by atoms with Gasteiger partial charge < -0.3 is 14.5 Å². The van der Waals surface area contributed by atoms with Crippen LogP contribution < -0.4 is 5.32 Å². The summed E-state index contributed by atoms with van der Waals surface area (Å²) in [7, 11) is 4.53. The average Bonchev–Trinajstić information content (AvgIpc) is 2.21. The number of nitrogens with one attached hydrogen (secondary N) is 1. The minimum atomic E-state index is 0.471. The Morgan fingerprint density at radius 3 is 2.91 bits per heavy atom. The summed E-state index contributed by atoms with van der Waals surface area (Å²) in [5.41, 5.74) is 0. The smallest absolute Gasteiger partial charge is 0.127 e. The van der Waals surface area contributed by atoms with Crippen molar-refractivity contribution in [2.75, 3.05) is 40.3 Å². The van der Waals surface area contributed by atoms with Crippen LogP contribution in [0.15, 0.2) is 0 Å². The molecule has 0 spiro atoms. The second-order valence-electron chi connectivity index (χ2n) is 4.27. The van der Waals surface area contributed by atoms with E-state index in [-0.39, 0.29) is 0 Å². The summed E-state index contributed by atoms with van der Waals surface area (Å²) >= 11 is 0. The Morgan fingerprint density at radius 1 is 1.36 bits per heavy atom. The highest BCUT2D eigenvalue weighted by Crippen LogP contribution is 2.19. The van der Waals surface area contributed by atoms with Crippen molar-refractivity contribution in [1.82, 2.24) is 5.32 Å². The molecule has 2 atom stereocenters. The molecule has 0 aromatic carbocycles. The number of nitrogens with zero attached hydrogens (tertiary/aromatic N) is 1. The van der Waals surface area contributed by atoms with Crippen LogP contribution in [0, 0.1) is 0 Å². The third-order valence-corrected chi connectivity index (χ3v) is 2.65. The number of morpholine rings is 1. The lowest BCUT2D eigenvalue weighted by Crippen LogP contribution is -2.47. The van der Waals surface area contributed by atoms with E-state index in [1.54, 1.807) is 0 Å². The largest absolute Gasteiger partial charge is 0.369 e. The van der Waals surface area contributed by atoms with Crippen molar-refractivity contribution in [1.29, 1.82) is 0 Å². The minimum absolute atomic E-state index is 0.471. The zero-order valence-corrected chi connectivity index (χ0v) is 7.34. The molecule has 1 N–H and O–H groups in total. The number of ether oxygens (including phenoxy) is 1. The van der Waals surface area contributed by atoms with E-state index in [4.69, 9.17) is 4.74 Å². The third-order valence-electron chi connectivity index (χ3n) is 2.65. The maximum Gasteiger partial charge on any atom is 0.127 e. The molecule has 0 aromatic rings. The molecule has 2 saturated heterocycles. The SMILES string of the molecule is C[N+]1(C)CC2NCCOC2C1. The molecular weight excluding hydrogens is 140 g/mol. The van der Waals surface area contributed by atoms with E-state index < -0.39 is 0 Å². The van der Waals surface area contributed by atoms with Crippen molar-refractivity contribution in [3.8, 4) is 0 Å². The van der Waals surface area contributed by atoms with Crippen LogP contribution in [-0.2, 0) is 4.74 Å². The Balaban J connectivity index is 2.03. The Morgan fingerprint density at radius 2 is 2.18 bits per heavy atom. The first-order valence-corrected chi connectivity index (χ1v) is 4.34. The molecule has 2 heterocycles. The Bertz CT molecular complexity index is 142. The van der Waals surface area contributed by atoms with Crippen LogP contribution >= 0.6 is 0 Å². The summed E-state index contributed by atoms with van der Waals surface area (Å²) < 4.78 is 6.76. The number of likely N-dealkylation sites (N-methyl/N-ethyl adjacent to an activating group) is 1. The summed E-state index contributed by atoms with van der Waals surface area (Å²) in [6, 6.07) is 0.610. The lowest BCUT2D eigenvalue weighted by atomic mass is 10.2. The standard InChI is InChI=1S/C8H17N2O/c1-10(2)5-7-8(6-10)11-4-3-9-7/h7-9H,3-6H2,1-2H3/q+1. The molecule has 0 amide bonds. The molecule has 0 radical (unpaired) electrons. The van der Waals surface area contributed by atoms with Gasteiger partial charge in [0.15, 0.2) is 0 Å². The molecule has 2 rings (SSSR count). The van der Waals surface area contributed by atoms with Crippen LogP contribution in [0.1, 0.15) is 0 Å². The van der Waals surface area contributed by atoms with E-state index in [1.807, 2.05) is 0 Å². The summed E-state index contributed by atoms with van der Waals surface area (Å²) in [4.78, 5) is 0. The zero-order valence-electron chi connectivity index (χ0n) is 7.34. The number of quaternary nitrogens is 1. The van der Waals surface area contributed by atoms with Crippen LogP contribution in [0.3, 0.4) is 0 Å². The topological polar surface area (TPSA) is 21.3 Å². The quantitative estimate of drug-likeness (QED) is 0.476. The van der Waals surface area contributed by atoms with Gasteiger partial charge in [-0.25, -0.2) is 0 Å². The lowest BCUT2D eigenvalue weighted by Gasteiger charge is -2.23. The first-order valence-electron chi connectivity index (χ1n) is 4.34. The van der Waals surface area contributed by atoms with Gasteiger partial charge in [-0.1, -0.05) is 0 Å². The van der Waals surface area contributed by atoms with Crippen molar-refractivity contribution in [3.63, 3.8) is 0 Å². The number of fused-ring (bicyclic) bond motifs is 1. The van der Waals surface area contributed by atoms with Crippen molar-refractivity contribution < 1.29 is 9.22 Å². The van der Waals surface area contributed by atoms with Crippen LogP contribution in [-0.4, -0.2) is 57.0 Å². The van der Waals surface area contributed by atoms with E-state index in [0.717, 1.165) is 24.2 Å². The van der Waals surface area contributed by atoms with Gasteiger partial charge in [0.1, 0.15) is 12.6 Å². The van der Waals surface area contributed by atoms with Gasteiger partial charge in [-0.2, -0.15) is 0 Å². The van der Waals surface area contributed by atoms with Gasteiger partial charge in [-0.15, -0.1) is 0 Å². The molecule has 11 heavy (non-hydrogen) atoms. The molecule has 3 heteroatoms. The highest BCUT2D eigenvalue weighted by atomic mass is 16.5. The predicted octanol–water partition coefficient (Wildman–Crippen LogP) is -0.567. The fourth-order valence-electron chi connectivity index (χ4n) is 2.16. The number of likely N-dealkylation sites (tertiary alicyclic amines) is 1. The number of rotatable bonds is 0. The Kier molecular flexibility index (Phi) is 1.67. The van der Waals surface area contributed by atoms with Crippen molar-refractivity contribution >= 4 is 0 Å². The Hall–Kier alpha value is -0.120. The normalized spacial score (nSPS) is 42.0. The molecule has 2 fully saturated rings. The van der Waals surface area contributed by atoms with E-state index >= 15 is 0 Å². The molecule has 3 nitrogen and oxygen atoms in total. The van der Waals surface area contributed by atoms with E-state index in [9.17, 15) is 0 Å². The monoisotopic (exact) mass is 157 g/mol.